The third-order valence-electron chi connectivity index (χ3n) is 3.82. The van der Waals surface area contributed by atoms with Gasteiger partial charge in [-0.05, 0) is 44.6 Å². The lowest BCUT2D eigenvalue weighted by atomic mass is 10.0. The molecule has 1 aliphatic heterocycles. The quantitative estimate of drug-likeness (QED) is 0.829. The normalized spacial score (nSPS) is 20.8. The first kappa shape index (κ1) is 12.3. The van der Waals surface area contributed by atoms with E-state index in [4.69, 9.17) is 10.2 Å². The summed E-state index contributed by atoms with van der Waals surface area (Å²) in [4.78, 5) is 6.81. The van der Waals surface area contributed by atoms with Gasteiger partial charge in [-0.3, -0.25) is 0 Å². The van der Waals surface area contributed by atoms with E-state index >= 15 is 0 Å². The highest BCUT2D eigenvalue weighted by atomic mass is 16.4. The molecule has 1 saturated heterocycles. The second-order valence-corrected chi connectivity index (χ2v) is 5.26. The molecule has 0 amide bonds. The van der Waals surface area contributed by atoms with Gasteiger partial charge in [0.25, 0.3) is 6.01 Å². The van der Waals surface area contributed by atoms with Crippen LogP contribution in [-0.2, 0) is 0 Å². The Kier molecular flexibility index (Phi) is 3.29. The molecule has 0 radical (unpaired) electrons. The van der Waals surface area contributed by atoms with E-state index < -0.39 is 0 Å². The van der Waals surface area contributed by atoms with Crippen LogP contribution < -0.4 is 11.1 Å². The van der Waals surface area contributed by atoms with Crippen LogP contribution in [0.15, 0.2) is 22.6 Å². The number of piperidine rings is 1. The minimum atomic E-state index is 0.564. The van der Waals surface area contributed by atoms with Crippen LogP contribution in [0.5, 0.6) is 0 Å². The third kappa shape index (κ3) is 2.66. The number of hydrogen-bond acceptors (Lipinski definition) is 5. The van der Waals surface area contributed by atoms with Gasteiger partial charge in [0.1, 0.15) is 5.52 Å². The molecule has 1 aliphatic rings. The van der Waals surface area contributed by atoms with E-state index in [1.807, 2.05) is 18.2 Å². The fourth-order valence-electron chi connectivity index (χ4n) is 2.63. The smallest absolute Gasteiger partial charge is 0.295 e. The van der Waals surface area contributed by atoms with Crippen molar-refractivity contribution >= 4 is 22.8 Å². The Hall–Kier alpha value is -1.75. The molecule has 0 aliphatic carbocycles. The van der Waals surface area contributed by atoms with Gasteiger partial charge in [-0.25, -0.2) is 0 Å². The molecule has 0 bridgehead atoms. The van der Waals surface area contributed by atoms with Gasteiger partial charge in [0, 0.05) is 18.3 Å². The SMILES string of the molecule is CN1CCCCC1CNc1nc2cc(N)ccc2o1. The highest BCUT2D eigenvalue weighted by Gasteiger charge is 2.19. The largest absolute Gasteiger partial charge is 0.424 e. The molecular weight excluding hydrogens is 240 g/mol. The molecule has 102 valence electrons. The van der Waals surface area contributed by atoms with Crippen molar-refractivity contribution in [2.45, 2.75) is 25.3 Å². The highest BCUT2D eigenvalue weighted by Crippen LogP contribution is 2.22. The first-order valence-electron chi connectivity index (χ1n) is 6.82. The van der Waals surface area contributed by atoms with Crippen molar-refractivity contribution in [3.8, 4) is 0 Å². The zero-order valence-corrected chi connectivity index (χ0v) is 11.2. The zero-order chi connectivity index (χ0) is 13.2. The molecule has 5 heteroatoms. The summed E-state index contributed by atoms with van der Waals surface area (Å²) in [6.45, 7) is 2.05. The van der Waals surface area contributed by atoms with Gasteiger partial charge in [-0.15, -0.1) is 0 Å². The molecule has 1 unspecified atom stereocenters. The highest BCUT2D eigenvalue weighted by molar-refractivity contribution is 5.78. The lowest BCUT2D eigenvalue weighted by Crippen LogP contribution is -2.40. The number of nitrogens with zero attached hydrogens (tertiary/aromatic N) is 2. The fraction of sp³-hybridized carbons (Fsp3) is 0.500. The van der Waals surface area contributed by atoms with Crippen LogP contribution in [0.25, 0.3) is 11.1 Å². The maximum atomic E-state index is 5.73. The Morgan fingerprint density at radius 3 is 3.21 bits per heavy atom. The molecular formula is C14H20N4O. The van der Waals surface area contributed by atoms with Gasteiger partial charge in [0.15, 0.2) is 5.58 Å². The maximum absolute atomic E-state index is 5.73. The first-order valence-corrected chi connectivity index (χ1v) is 6.82. The Bertz CT molecular complexity index is 566. The number of oxazole rings is 1. The van der Waals surface area contributed by atoms with E-state index in [9.17, 15) is 0 Å². The monoisotopic (exact) mass is 260 g/mol. The predicted molar refractivity (Wildman–Crippen MR) is 77.2 cm³/mol. The molecule has 0 spiro atoms. The predicted octanol–water partition coefficient (Wildman–Crippen LogP) is 2.31. The van der Waals surface area contributed by atoms with E-state index in [1.54, 1.807) is 0 Å². The number of aromatic nitrogens is 1. The molecule has 1 fully saturated rings. The Labute approximate surface area is 112 Å². The standard InChI is InChI=1S/C14H20N4O/c1-18-7-3-2-4-11(18)9-16-14-17-12-8-10(15)5-6-13(12)19-14/h5-6,8,11H,2-4,7,9,15H2,1H3,(H,16,17). The molecule has 1 aromatic carbocycles. The summed E-state index contributed by atoms with van der Waals surface area (Å²) in [6.07, 6.45) is 3.84. The van der Waals surface area contributed by atoms with Crippen LogP contribution in [0.2, 0.25) is 0 Å². The minimum Gasteiger partial charge on any atom is -0.424 e. The Balaban J connectivity index is 1.68. The summed E-state index contributed by atoms with van der Waals surface area (Å²) >= 11 is 0. The van der Waals surface area contributed by atoms with Gasteiger partial charge in [0.05, 0.1) is 0 Å². The zero-order valence-electron chi connectivity index (χ0n) is 11.2. The van der Waals surface area contributed by atoms with Crippen LogP contribution in [0, 0.1) is 0 Å². The van der Waals surface area contributed by atoms with Crippen LogP contribution in [0.1, 0.15) is 19.3 Å². The molecule has 3 rings (SSSR count). The van der Waals surface area contributed by atoms with Crippen LogP contribution >= 0.6 is 0 Å². The number of rotatable bonds is 3. The topological polar surface area (TPSA) is 67.3 Å². The lowest BCUT2D eigenvalue weighted by molar-refractivity contribution is 0.194. The van der Waals surface area contributed by atoms with Crippen LogP contribution in [0.3, 0.4) is 0 Å². The average molecular weight is 260 g/mol. The number of nitrogens with one attached hydrogen (secondary N) is 1. The van der Waals surface area contributed by atoms with Gasteiger partial charge in [0.2, 0.25) is 0 Å². The van der Waals surface area contributed by atoms with E-state index in [0.717, 1.165) is 17.6 Å². The van der Waals surface area contributed by atoms with E-state index in [0.29, 0.717) is 17.7 Å². The number of anilines is 2. The summed E-state index contributed by atoms with van der Waals surface area (Å²) in [7, 11) is 2.18. The molecule has 1 atom stereocenters. The Morgan fingerprint density at radius 2 is 2.37 bits per heavy atom. The minimum absolute atomic E-state index is 0.564. The first-order chi connectivity index (χ1) is 9.22. The molecule has 2 aromatic rings. The van der Waals surface area contributed by atoms with E-state index in [-0.39, 0.29) is 0 Å². The van der Waals surface area contributed by atoms with Crippen molar-refractivity contribution in [2.24, 2.45) is 0 Å². The number of hydrogen-bond donors (Lipinski definition) is 2. The lowest BCUT2D eigenvalue weighted by Gasteiger charge is -2.32. The van der Waals surface area contributed by atoms with Crippen LogP contribution in [0.4, 0.5) is 11.7 Å². The summed E-state index contributed by atoms with van der Waals surface area (Å²) in [5, 5.41) is 3.29. The van der Waals surface area contributed by atoms with Gasteiger partial charge >= 0.3 is 0 Å². The van der Waals surface area contributed by atoms with Crippen molar-refractivity contribution in [3.05, 3.63) is 18.2 Å². The van der Waals surface area contributed by atoms with Crippen molar-refractivity contribution in [3.63, 3.8) is 0 Å². The number of likely N-dealkylation sites (tertiary alicyclic amines) is 1. The molecule has 5 nitrogen and oxygen atoms in total. The maximum Gasteiger partial charge on any atom is 0.295 e. The average Bonchev–Trinajstić information content (AvgIpc) is 2.79. The molecule has 19 heavy (non-hydrogen) atoms. The molecule has 1 aromatic heterocycles. The van der Waals surface area contributed by atoms with E-state index in [1.165, 1.54) is 25.8 Å². The third-order valence-corrected chi connectivity index (χ3v) is 3.82. The number of nitrogen functional groups attached to an aromatic ring is 1. The van der Waals surface area contributed by atoms with E-state index in [2.05, 4.69) is 22.2 Å². The summed E-state index contributed by atoms with van der Waals surface area (Å²) < 4.78 is 5.65. The van der Waals surface area contributed by atoms with Crippen LogP contribution in [-0.4, -0.2) is 36.1 Å². The number of likely N-dealkylation sites (N-methyl/N-ethyl adjacent to an activating group) is 1. The molecule has 0 saturated carbocycles. The number of fused-ring (bicyclic) bond motifs is 1. The Morgan fingerprint density at radius 1 is 1.47 bits per heavy atom. The van der Waals surface area contributed by atoms with Crippen molar-refractivity contribution in [1.29, 1.82) is 0 Å². The number of nitrogens with two attached hydrogens (primary N) is 1. The van der Waals surface area contributed by atoms with Crippen molar-refractivity contribution in [1.82, 2.24) is 9.88 Å². The van der Waals surface area contributed by atoms with Crippen molar-refractivity contribution in [2.75, 3.05) is 31.2 Å². The van der Waals surface area contributed by atoms with Gasteiger partial charge in [-0.2, -0.15) is 4.98 Å². The summed E-state index contributed by atoms with van der Waals surface area (Å²) in [5.41, 5.74) is 8.02. The molecule has 3 N–H and O–H groups in total. The van der Waals surface area contributed by atoms with Crippen molar-refractivity contribution < 1.29 is 4.42 Å². The van der Waals surface area contributed by atoms with Gasteiger partial charge in [-0.1, -0.05) is 6.42 Å². The summed E-state index contributed by atoms with van der Waals surface area (Å²) in [5.74, 6) is 0. The number of benzene rings is 1. The summed E-state index contributed by atoms with van der Waals surface area (Å²) in [6, 6.07) is 6.66. The fourth-order valence-corrected chi connectivity index (χ4v) is 2.63. The van der Waals surface area contributed by atoms with Gasteiger partial charge < -0.3 is 20.4 Å². The second-order valence-electron chi connectivity index (χ2n) is 5.26. The second kappa shape index (κ2) is 5.09. The molecule has 2 heterocycles.